The van der Waals surface area contributed by atoms with Gasteiger partial charge in [0.05, 0.1) is 18.8 Å². The summed E-state index contributed by atoms with van der Waals surface area (Å²) < 4.78 is 22.3. The SMILES string of the molecule is C=C(C[C@H](O)[C@@H]1COC(C)(C)O1)[C@@H](C)OCOCC[Si](C)(C)C. The molecule has 1 N–H and O–H groups in total. The fraction of sp³-hybridized carbons (Fsp3) is 0.882. The molecule has 0 aromatic rings. The summed E-state index contributed by atoms with van der Waals surface area (Å²) in [6, 6.07) is 1.12. The van der Waals surface area contributed by atoms with Gasteiger partial charge in [0.1, 0.15) is 12.9 Å². The van der Waals surface area contributed by atoms with E-state index in [2.05, 4.69) is 26.2 Å². The van der Waals surface area contributed by atoms with Gasteiger partial charge in [0.2, 0.25) is 0 Å². The maximum Gasteiger partial charge on any atom is 0.163 e. The molecule has 0 amide bonds. The molecule has 0 spiro atoms. The van der Waals surface area contributed by atoms with E-state index in [0.717, 1.165) is 18.2 Å². The Hall–Kier alpha value is -0.243. The number of aliphatic hydroxyl groups excluding tert-OH is 1. The van der Waals surface area contributed by atoms with Crippen molar-refractivity contribution >= 4 is 8.07 Å². The summed E-state index contributed by atoms with van der Waals surface area (Å²) in [5.74, 6) is -0.626. The van der Waals surface area contributed by atoms with E-state index in [0.29, 0.717) is 13.0 Å². The predicted molar refractivity (Wildman–Crippen MR) is 94.2 cm³/mol. The normalized spacial score (nSPS) is 23.7. The van der Waals surface area contributed by atoms with Crippen LogP contribution in [-0.2, 0) is 18.9 Å². The van der Waals surface area contributed by atoms with Gasteiger partial charge in [-0.1, -0.05) is 26.2 Å². The van der Waals surface area contributed by atoms with Crippen LogP contribution in [0.15, 0.2) is 12.2 Å². The molecule has 0 aliphatic carbocycles. The summed E-state index contributed by atoms with van der Waals surface area (Å²) in [5, 5.41) is 10.3. The van der Waals surface area contributed by atoms with Crippen molar-refractivity contribution in [3.05, 3.63) is 12.2 Å². The molecule has 0 radical (unpaired) electrons. The summed E-state index contributed by atoms with van der Waals surface area (Å²) in [5.41, 5.74) is 0.833. The number of hydrogen-bond acceptors (Lipinski definition) is 5. The van der Waals surface area contributed by atoms with E-state index in [-0.39, 0.29) is 19.0 Å². The van der Waals surface area contributed by atoms with Gasteiger partial charge in [0.15, 0.2) is 5.79 Å². The molecule has 0 aromatic carbocycles. The molecule has 1 saturated heterocycles. The molecule has 3 atom stereocenters. The first-order valence-electron chi connectivity index (χ1n) is 8.37. The Kier molecular flexibility index (Phi) is 7.90. The van der Waals surface area contributed by atoms with Gasteiger partial charge in [0, 0.05) is 14.7 Å². The van der Waals surface area contributed by atoms with E-state index in [4.69, 9.17) is 18.9 Å². The maximum absolute atomic E-state index is 10.3. The Morgan fingerprint density at radius 2 is 2.04 bits per heavy atom. The van der Waals surface area contributed by atoms with Crippen LogP contribution >= 0.6 is 0 Å². The zero-order chi connectivity index (χ0) is 17.7. The average Bonchev–Trinajstić information content (AvgIpc) is 2.77. The monoisotopic (exact) mass is 346 g/mol. The molecule has 1 aliphatic heterocycles. The van der Waals surface area contributed by atoms with E-state index in [1.165, 1.54) is 0 Å². The lowest BCUT2D eigenvalue weighted by Crippen LogP contribution is -2.32. The van der Waals surface area contributed by atoms with Crippen molar-refractivity contribution in [3.63, 3.8) is 0 Å². The number of rotatable bonds is 10. The van der Waals surface area contributed by atoms with Crippen molar-refractivity contribution < 1.29 is 24.1 Å². The molecule has 0 bridgehead atoms. The zero-order valence-electron chi connectivity index (χ0n) is 15.6. The molecule has 1 rings (SSSR count). The molecular weight excluding hydrogens is 312 g/mol. The van der Waals surface area contributed by atoms with Crippen LogP contribution in [0.3, 0.4) is 0 Å². The first-order chi connectivity index (χ1) is 10.5. The first-order valence-corrected chi connectivity index (χ1v) is 12.1. The fourth-order valence-electron chi connectivity index (χ4n) is 2.18. The highest BCUT2D eigenvalue weighted by atomic mass is 28.3. The van der Waals surface area contributed by atoms with Crippen molar-refractivity contribution in [3.8, 4) is 0 Å². The molecule has 5 nitrogen and oxygen atoms in total. The fourth-order valence-corrected chi connectivity index (χ4v) is 2.93. The van der Waals surface area contributed by atoms with Crippen molar-refractivity contribution in [1.82, 2.24) is 0 Å². The minimum atomic E-state index is -1.06. The molecule has 1 aliphatic rings. The Labute approximate surface area is 142 Å². The minimum Gasteiger partial charge on any atom is -0.390 e. The van der Waals surface area contributed by atoms with E-state index in [1.54, 1.807) is 0 Å². The van der Waals surface area contributed by atoms with Gasteiger partial charge in [-0.25, -0.2) is 0 Å². The standard InChI is InChI=1S/C17H34O5Si/c1-13(10-15(18)16-11-21-17(3,4)22-16)14(2)20-12-19-8-9-23(5,6)7/h14-16,18H,1,8-12H2,2-7H3/t14-,15+,16+/m1/s1. The van der Waals surface area contributed by atoms with Crippen molar-refractivity contribution in [2.24, 2.45) is 0 Å². The molecule has 6 heteroatoms. The Balaban J connectivity index is 2.21. The van der Waals surface area contributed by atoms with Crippen LogP contribution in [0.5, 0.6) is 0 Å². The highest BCUT2D eigenvalue weighted by Crippen LogP contribution is 2.26. The van der Waals surface area contributed by atoms with Crippen LogP contribution in [0.25, 0.3) is 0 Å². The van der Waals surface area contributed by atoms with Gasteiger partial charge in [-0.3, -0.25) is 0 Å². The summed E-state index contributed by atoms with van der Waals surface area (Å²) in [4.78, 5) is 0. The molecule has 0 unspecified atom stereocenters. The second-order valence-corrected chi connectivity index (χ2v) is 13.6. The summed E-state index contributed by atoms with van der Waals surface area (Å²) in [6.07, 6.45) is -0.683. The predicted octanol–water partition coefficient (Wildman–Crippen LogP) is 3.16. The van der Waals surface area contributed by atoms with Crippen LogP contribution in [0.1, 0.15) is 27.2 Å². The average molecular weight is 347 g/mol. The summed E-state index contributed by atoms with van der Waals surface area (Å²) in [7, 11) is -1.06. The van der Waals surface area contributed by atoms with Gasteiger partial charge >= 0.3 is 0 Å². The molecule has 1 heterocycles. The van der Waals surface area contributed by atoms with Crippen LogP contribution < -0.4 is 0 Å². The van der Waals surface area contributed by atoms with Crippen molar-refractivity contribution in [2.75, 3.05) is 20.0 Å². The van der Waals surface area contributed by atoms with Crippen LogP contribution in [-0.4, -0.2) is 57.3 Å². The van der Waals surface area contributed by atoms with E-state index < -0.39 is 20.0 Å². The summed E-state index contributed by atoms with van der Waals surface area (Å²) >= 11 is 0. The molecule has 136 valence electrons. The number of ether oxygens (including phenoxy) is 4. The molecule has 0 saturated carbocycles. The minimum absolute atomic E-state index is 0.160. The Morgan fingerprint density at radius 1 is 1.39 bits per heavy atom. The van der Waals surface area contributed by atoms with Crippen LogP contribution in [0, 0.1) is 0 Å². The van der Waals surface area contributed by atoms with Crippen molar-refractivity contribution in [2.45, 2.75) is 77.0 Å². The third kappa shape index (κ3) is 8.42. The Bertz CT molecular complexity index is 378. The van der Waals surface area contributed by atoms with E-state index in [1.807, 2.05) is 20.8 Å². The van der Waals surface area contributed by atoms with E-state index in [9.17, 15) is 5.11 Å². The van der Waals surface area contributed by atoms with Gasteiger partial charge in [-0.15, -0.1) is 0 Å². The molecular formula is C17H34O5Si. The molecule has 1 fully saturated rings. The lowest BCUT2D eigenvalue weighted by Gasteiger charge is -2.23. The summed E-state index contributed by atoms with van der Waals surface area (Å²) in [6.45, 7) is 18.0. The highest BCUT2D eigenvalue weighted by molar-refractivity contribution is 6.76. The van der Waals surface area contributed by atoms with Gasteiger partial charge < -0.3 is 24.1 Å². The second-order valence-electron chi connectivity index (χ2n) is 7.94. The van der Waals surface area contributed by atoms with Crippen molar-refractivity contribution in [1.29, 1.82) is 0 Å². The van der Waals surface area contributed by atoms with Gasteiger partial charge in [-0.2, -0.15) is 0 Å². The third-order valence-electron chi connectivity index (χ3n) is 3.90. The Morgan fingerprint density at radius 3 is 2.57 bits per heavy atom. The smallest absolute Gasteiger partial charge is 0.163 e. The van der Waals surface area contributed by atoms with Crippen LogP contribution in [0.2, 0.25) is 25.7 Å². The topological polar surface area (TPSA) is 57.2 Å². The van der Waals surface area contributed by atoms with E-state index >= 15 is 0 Å². The van der Waals surface area contributed by atoms with Crippen LogP contribution in [0.4, 0.5) is 0 Å². The third-order valence-corrected chi connectivity index (χ3v) is 5.61. The number of aliphatic hydroxyl groups is 1. The zero-order valence-corrected chi connectivity index (χ0v) is 16.6. The highest BCUT2D eigenvalue weighted by Gasteiger charge is 2.37. The molecule has 0 aromatic heterocycles. The van der Waals surface area contributed by atoms with Gasteiger partial charge in [-0.05, 0) is 38.8 Å². The van der Waals surface area contributed by atoms with Gasteiger partial charge in [0.25, 0.3) is 0 Å². The lowest BCUT2D eigenvalue weighted by molar-refractivity contribution is -0.151. The largest absolute Gasteiger partial charge is 0.390 e. The molecule has 23 heavy (non-hydrogen) atoms. The maximum atomic E-state index is 10.3. The first kappa shape index (κ1) is 20.8. The number of hydrogen-bond donors (Lipinski definition) is 1. The lowest BCUT2D eigenvalue weighted by atomic mass is 10.0. The second kappa shape index (κ2) is 8.74. The quantitative estimate of drug-likeness (QED) is 0.285.